The molecule has 0 saturated carbocycles. The summed E-state index contributed by atoms with van der Waals surface area (Å²) in [5.74, 6) is -1.63. The SMILES string of the molecule is C[C@@H](NC(=O)COC(=O)c1ccc(F)cc1)c1ccc(Cl)c(Cl)c1. The van der Waals surface area contributed by atoms with E-state index in [0.717, 1.165) is 17.7 Å². The van der Waals surface area contributed by atoms with Gasteiger partial charge in [-0.2, -0.15) is 0 Å². The lowest BCUT2D eigenvalue weighted by molar-refractivity contribution is -0.124. The van der Waals surface area contributed by atoms with E-state index in [0.29, 0.717) is 10.0 Å². The summed E-state index contributed by atoms with van der Waals surface area (Å²) >= 11 is 11.8. The van der Waals surface area contributed by atoms with Gasteiger partial charge in [0.25, 0.3) is 5.91 Å². The molecule has 7 heteroatoms. The Morgan fingerprint density at radius 3 is 2.42 bits per heavy atom. The summed E-state index contributed by atoms with van der Waals surface area (Å²) in [4.78, 5) is 23.6. The molecule has 1 atom stereocenters. The molecule has 0 bridgehead atoms. The molecular formula is C17H14Cl2FNO3. The zero-order valence-corrected chi connectivity index (χ0v) is 14.2. The van der Waals surface area contributed by atoms with Gasteiger partial charge in [0.15, 0.2) is 6.61 Å². The number of amides is 1. The van der Waals surface area contributed by atoms with Crippen molar-refractivity contribution in [2.75, 3.05) is 6.61 Å². The normalized spacial score (nSPS) is 11.7. The summed E-state index contributed by atoms with van der Waals surface area (Å²) in [5, 5.41) is 3.49. The molecule has 0 saturated heterocycles. The Labute approximate surface area is 148 Å². The molecule has 0 aromatic heterocycles. The van der Waals surface area contributed by atoms with E-state index in [4.69, 9.17) is 27.9 Å². The van der Waals surface area contributed by atoms with E-state index < -0.39 is 24.3 Å². The monoisotopic (exact) mass is 369 g/mol. The van der Waals surface area contributed by atoms with E-state index in [-0.39, 0.29) is 11.6 Å². The highest BCUT2D eigenvalue weighted by Gasteiger charge is 2.14. The Bertz CT molecular complexity index is 750. The molecule has 1 N–H and O–H groups in total. The molecular weight excluding hydrogens is 356 g/mol. The average molecular weight is 370 g/mol. The van der Waals surface area contributed by atoms with Gasteiger partial charge in [0.2, 0.25) is 0 Å². The summed E-state index contributed by atoms with van der Waals surface area (Å²) in [7, 11) is 0. The van der Waals surface area contributed by atoms with Crippen LogP contribution in [-0.2, 0) is 9.53 Å². The molecule has 0 heterocycles. The van der Waals surface area contributed by atoms with Crippen molar-refractivity contribution in [1.29, 1.82) is 0 Å². The average Bonchev–Trinajstić information content (AvgIpc) is 2.55. The van der Waals surface area contributed by atoms with Gasteiger partial charge in [-0.3, -0.25) is 4.79 Å². The van der Waals surface area contributed by atoms with Crippen LogP contribution in [0.5, 0.6) is 0 Å². The standard InChI is InChI=1S/C17H14Cl2FNO3/c1-10(12-4-7-14(18)15(19)8-12)21-16(22)9-24-17(23)11-2-5-13(20)6-3-11/h2-8,10H,9H2,1H3,(H,21,22)/t10-/m1/s1. The van der Waals surface area contributed by atoms with Crippen LogP contribution >= 0.6 is 23.2 Å². The van der Waals surface area contributed by atoms with Crippen molar-refractivity contribution in [3.8, 4) is 0 Å². The van der Waals surface area contributed by atoms with Gasteiger partial charge >= 0.3 is 5.97 Å². The van der Waals surface area contributed by atoms with Gasteiger partial charge in [0.05, 0.1) is 21.7 Å². The molecule has 0 spiro atoms. The third kappa shape index (κ3) is 4.94. The topological polar surface area (TPSA) is 55.4 Å². The highest BCUT2D eigenvalue weighted by molar-refractivity contribution is 6.42. The maximum atomic E-state index is 12.8. The van der Waals surface area contributed by atoms with Gasteiger partial charge in [0, 0.05) is 0 Å². The number of carbonyl (C=O) groups excluding carboxylic acids is 2. The van der Waals surface area contributed by atoms with Crippen molar-refractivity contribution in [2.45, 2.75) is 13.0 Å². The minimum absolute atomic E-state index is 0.168. The van der Waals surface area contributed by atoms with Crippen molar-refractivity contribution in [3.63, 3.8) is 0 Å². The summed E-state index contributed by atoms with van der Waals surface area (Å²) in [6.45, 7) is 1.32. The largest absolute Gasteiger partial charge is 0.452 e. The van der Waals surface area contributed by atoms with E-state index in [2.05, 4.69) is 5.32 Å². The molecule has 0 radical (unpaired) electrons. The third-order valence-electron chi connectivity index (χ3n) is 3.24. The Hall–Kier alpha value is -2.11. The molecule has 2 rings (SSSR count). The van der Waals surface area contributed by atoms with E-state index >= 15 is 0 Å². The first-order valence-corrected chi connectivity index (χ1v) is 7.79. The number of halogens is 3. The van der Waals surface area contributed by atoms with Crippen LogP contribution in [0, 0.1) is 5.82 Å². The molecule has 126 valence electrons. The van der Waals surface area contributed by atoms with E-state index in [1.165, 1.54) is 12.1 Å². The predicted octanol–water partition coefficient (Wildman–Crippen LogP) is 4.17. The lowest BCUT2D eigenvalue weighted by Gasteiger charge is -2.15. The first-order chi connectivity index (χ1) is 11.4. The number of nitrogens with one attached hydrogen (secondary N) is 1. The van der Waals surface area contributed by atoms with Crippen LogP contribution in [0.1, 0.15) is 28.9 Å². The van der Waals surface area contributed by atoms with Crippen molar-refractivity contribution >= 4 is 35.1 Å². The Morgan fingerprint density at radius 2 is 1.79 bits per heavy atom. The fourth-order valence-corrected chi connectivity index (χ4v) is 2.26. The second-order valence-electron chi connectivity index (χ2n) is 5.05. The summed E-state index contributed by atoms with van der Waals surface area (Å²) < 4.78 is 17.7. The molecule has 0 aliphatic carbocycles. The molecule has 1 amide bonds. The van der Waals surface area contributed by atoms with Gasteiger partial charge in [-0.1, -0.05) is 29.3 Å². The number of ether oxygens (including phenoxy) is 1. The number of hydrogen-bond acceptors (Lipinski definition) is 3. The summed E-state index contributed by atoms with van der Waals surface area (Å²) in [5.41, 5.74) is 0.935. The van der Waals surface area contributed by atoms with Gasteiger partial charge in [-0.15, -0.1) is 0 Å². The quantitative estimate of drug-likeness (QED) is 0.804. The predicted molar refractivity (Wildman–Crippen MR) is 89.7 cm³/mol. The van der Waals surface area contributed by atoms with Crippen LogP contribution in [0.2, 0.25) is 10.0 Å². The van der Waals surface area contributed by atoms with Crippen molar-refractivity contribution < 1.29 is 18.7 Å². The molecule has 2 aromatic carbocycles. The van der Waals surface area contributed by atoms with Crippen molar-refractivity contribution in [3.05, 3.63) is 69.5 Å². The minimum Gasteiger partial charge on any atom is -0.452 e. The lowest BCUT2D eigenvalue weighted by atomic mass is 10.1. The van der Waals surface area contributed by atoms with Gasteiger partial charge < -0.3 is 10.1 Å². The minimum atomic E-state index is -0.702. The fourth-order valence-electron chi connectivity index (χ4n) is 1.95. The molecule has 0 aliphatic heterocycles. The molecule has 4 nitrogen and oxygen atoms in total. The second-order valence-corrected chi connectivity index (χ2v) is 5.86. The maximum Gasteiger partial charge on any atom is 0.338 e. The van der Waals surface area contributed by atoms with Crippen molar-refractivity contribution in [1.82, 2.24) is 5.32 Å². The molecule has 0 fully saturated rings. The Balaban J connectivity index is 1.87. The molecule has 24 heavy (non-hydrogen) atoms. The number of hydrogen-bond donors (Lipinski definition) is 1. The van der Waals surface area contributed by atoms with E-state index in [1.807, 2.05) is 0 Å². The first kappa shape index (κ1) is 18.2. The molecule has 2 aromatic rings. The van der Waals surface area contributed by atoms with Crippen LogP contribution in [0.15, 0.2) is 42.5 Å². The number of rotatable bonds is 5. The first-order valence-electron chi connectivity index (χ1n) is 7.04. The summed E-state index contributed by atoms with van der Waals surface area (Å²) in [6, 6.07) is 9.55. The smallest absolute Gasteiger partial charge is 0.338 e. The Morgan fingerprint density at radius 1 is 1.12 bits per heavy atom. The Kier molecular flexibility index (Phi) is 6.17. The second kappa shape index (κ2) is 8.13. The summed E-state index contributed by atoms with van der Waals surface area (Å²) in [6.07, 6.45) is 0. The number of carbonyl (C=O) groups is 2. The lowest BCUT2D eigenvalue weighted by Crippen LogP contribution is -2.31. The highest BCUT2D eigenvalue weighted by atomic mass is 35.5. The van der Waals surface area contributed by atoms with Crippen LogP contribution < -0.4 is 5.32 Å². The van der Waals surface area contributed by atoms with Crippen LogP contribution in [0.4, 0.5) is 4.39 Å². The number of esters is 1. The van der Waals surface area contributed by atoms with Crippen molar-refractivity contribution in [2.24, 2.45) is 0 Å². The molecule has 0 aliphatic rings. The molecule has 0 unspecified atom stereocenters. The van der Waals surface area contributed by atoms with Gasteiger partial charge in [-0.25, -0.2) is 9.18 Å². The van der Waals surface area contributed by atoms with E-state index in [9.17, 15) is 14.0 Å². The van der Waals surface area contributed by atoms with Crippen LogP contribution in [0.25, 0.3) is 0 Å². The van der Waals surface area contributed by atoms with E-state index in [1.54, 1.807) is 25.1 Å². The van der Waals surface area contributed by atoms with Gasteiger partial charge in [0.1, 0.15) is 5.82 Å². The van der Waals surface area contributed by atoms with Crippen LogP contribution in [-0.4, -0.2) is 18.5 Å². The van der Waals surface area contributed by atoms with Crippen LogP contribution in [0.3, 0.4) is 0 Å². The zero-order valence-electron chi connectivity index (χ0n) is 12.7. The van der Waals surface area contributed by atoms with Gasteiger partial charge in [-0.05, 0) is 48.9 Å². The highest BCUT2D eigenvalue weighted by Crippen LogP contribution is 2.25. The maximum absolute atomic E-state index is 12.8. The fraction of sp³-hybridized carbons (Fsp3) is 0.176. The zero-order chi connectivity index (χ0) is 17.7. The third-order valence-corrected chi connectivity index (χ3v) is 3.97. The number of benzene rings is 2.